The molecule has 150 valence electrons. The summed E-state index contributed by atoms with van der Waals surface area (Å²) < 4.78 is 7.18. The Kier molecular flexibility index (Phi) is 7.54. The smallest absolute Gasteiger partial charge is 0.187 e. The highest BCUT2D eigenvalue weighted by molar-refractivity contribution is 7.80. The standard InChI is InChI=1S/C18H20Cl3N5OS/c1-11-13(9-23-24-18(28)22-8-12-4-3-7-27-12)17(21)26(25-11)10-14-15(19)5-2-6-16(14)20/h2,5-6,9,12H,3-4,7-8,10H2,1H3,(H2,22,24,28)/b23-9-/t12-/m1/s1. The van der Waals surface area contributed by atoms with E-state index in [2.05, 4.69) is 20.9 Å². The number of nitrogens with zero attached hydrogens (tertiary/aromatic N) is 3. The summed E-state index contributed by atoms with van der Waals surface area (Å²) in [6.45, 7) is 3.69. The van der Waals surface area contributed by atoms with Crippen LogP contribution in [0, 0.1) is 6.92 Å². The third-order valence-corrected chi connectivity index (χ3v) is 5.70. The second-order valence-electron chi connectivity index (χ2n) is 6.36. The van der Waals surface area contributed by atoms with E-state index in [-0.39, 0.29) is 6.10 Å². The Hall–Kier alpha value is -1.38. The molecule has 3 rings (SSSR count). The van der Waals surface area contributed by atoms with Crippen LogP contribution >= 0.6 is 47.0 Å². The number of hydrogen-bond acceptors (Lipinski definition) is 4. The predicted octanol–water partition coefficient (Wildman–Crippen LogP) is 4.18. The van der Waals surface area contributed by atoms with Crippen molar-refractivity contribution in [2.45, 2.75) is 32.4 Å². The quantitative estimate of drug-likeness (QED) is 0.385. The molecule has 0 amide bonds. The lowest BCUT2D eigenvalue weighted by molar-refractivity contribution is 0.114. The number of halogens is 3. The molecule has 1 aromatic carbocycles. The Morgan fingerprint density at radius 1 is 1.39 bits per heavy atom. The summed E-state index contributed by atoms with van der Waals surface area (Å²) in [7, 11) is 0. The van der Waals surface area contributed by atoms with E-state index < -0.39 is 0 Å². The predicted molar refractivity (Wildman–Crippen MR) is 118 cm³/mol. The van der Waals surface area contributed by atoms with Crippen LogP contribution < -0.4 is 10.7 Å². The van der Waals surface area contributed by atoms with Crippen molar-refractivity contribution in [2.75, 3.05) is 13.2 Å². The van der Waals surface area contributed by atoms with Crippen LogP contribution in [-0.2, 0) is 11.3 Å². The maximum absolute atomic E-state index is 6.48. The van der Waals surface area contributed by atoms with E-state index in [0.29, 0.717) is 39.0 Å². The van der Waals surface area contributed by atoms with E-state index >= 15 is 0 Å². The Balaban J connectivity index is 1.61. The normalized spacial score (nSPS) is 16.6. The summed E-state index contributed by atoms with van der Waals surface area (Å²) in [5.41, 5.74) is 4.97. The van der Waals surface area contributed by atoms with E-state index in [1.165, 1.54) is 0 Å². The Morgan fingerprint density at radius 3 is 2.82 bits per heavy atom. The van der Waals surface area contributed by atoms with Crippen molar-refractivity contribution in [3.05, 3.63) is 50.2 Å². The molecule has 0 bridgehead atoms. The fraction of sp³-hybridized carbons (Fsp3) is 0.389. The van der Waals surface area contributed by atoms with Crippen molar-refractivity contribution in [3.8, 4) is 0 Å². The zero-order chi connectivity index (χ0) is 20.1. The van der Waals surface area contributed by atoms with Gasteiger partial charge in [-0.05, 0) is 44.1 Å². The van der Waals surface area contributed by atoms with Crippen LogP contribution in [0.3, 0.4) is 0 Å². The van der Waals surface area contributed by atoms with E-state index in [0.717, 1.165) is 30.7 Å². The van der Waals surface area contributed by atoms with E-state index in [4.69, 9.17) is 51.8 Å². The molecule has 2 N–H and O–H groups in total. The van der Waals surface area contributed by atoms with Crippen LogP contribution in [-0.4, -0.2) is 40.4 Å². The highest BCUT2D eigenvalue weighted by Crippen LogP contribution is 2.27. The molecule has 28 heavy (non-hydrogen) atoms. The third-order valence-electron chi connectivity index (χ3n) is 4.35. The van der Waals surface area contributed by atoms with Crippen molar-refractivity contribution in [1.29, 1.82) is 0 Å². The van der Waals surface area contributed by atoms with E-state index in [9.17, 15) is 0 Å². The number of hydrogen-bond donors (Lipinski definition) is 2. The molecule has 2 heterocycles. The van der Waals surface area contributed by atoms with Crippen molar-refractivity contribution >= 4 is 58.3 Å². The first-order valence-corrected chi connectivity index (χ1v) is 10.3. The largest absolute Gasteiger partial charge is 0.376 e. The van der Waals surface area contributed by atoms with Gasteiger partial charge in [-0.25, -0.2) is 4.68 Å². The van der Waals surface area contributed by atoms with Crippen molar-refractivity contribution < 1.29 is 4.74 Å². The van der Waals surface area contributed by atoms with Gasteiger partial charge in [-0.3, -0.25) is 5.43 Å². The highest BCUT2D eigenvalue weighted by atomic mass is 35.5. The fourth-order valence-corrected chi connectivity index (χ4v) is 3.79. The van der Waals surface area contributed by atoms with Gasteiger partial charge < -0.3 is 10.1 Å². The SMILES string of the molecule is Cc1nn(Cc2c(Cl)cccc2Cl)c(Cl)c1/C=N\NC(=S)NC[C@H]1CCCO1. The van der Waals surface area contributed by atoms with Gasteiger partial charge in [0.25, 0.3) is 0 Å². The van der Waals surface area contributed by atoms with E-state index in [1.54, 1.807) is 29.1 Å². The number of ether oxygens (including phenoxy) is 1. The van der Waals surface area contributed by atoms with Crippen LogP contribution in [0.25, 0.3) is 0 Å². The second-order valence-corrected chi connectivity index (χ2v) is 7.94. The molecule has 1 saturated heterocycles. The van der Waals surface area contributed by atoms with E-state index in [1.807, 2.05) is 6.92 Å². The minimum atomic E-state index is 0.204. The molecule has 1 aliphatic heterocycles. The summed E-state index contributed by atoms with van der Waals surface area (Å²) in [5, 5.41) is 13.7. The lowest BCUT2D eigenvalue weighted by atomic mass is 10.2. The molecule has 1 fully saturated rings. The minimum absolute atomic E-state index is 0.204. The molecular formula is C18H20Cl3N5OS. The van der Waals surface area contributed by atoms with Crippen LogP contribution in [0.2, 0.25) is 15.2 Å². The van der Waals surface area contributed by atoms with Crippen LogP contribution in [0.1, 0.15) is 29.7 Å². The second kappa shape index (κ2) is 9.89. The van der Waals surface area contributed by atoms with Gasteiger partial charge in [-0.2, -0.15) is 10.2 Å². The number of thiocarbonyl (C=S) groups is 1. The number of aromatic nitrogens is 2. The van der Waals surface area contributed by atoms with Gasteiger partial charge in [0.05, 0.1) is 30.1 Å². The van der Waals surface area contributed by atoms with Crippen LogP contribution in [0.4, 0.5) is 0 Å². The highest BCUT2D eigenvalue weighted by Gasteiger charge is 2.16. The molecule has 10 heteroatoms. The minimum Gasteiger partial charge on any atom is -0.376 e. The van der Waals surface area contributed by atoms with Gasteiger partial charge in [-0.1, -0.05) is 40.9 Å². The Labute approximate surface area is 184 Å². The first-order chi connectivity index (χ1) is 13.5. The monoisotopic (exact) mass is 459 g/mol. The summed E-state index contributed by atoms with van der Waals surface area (Å²) >= 11 is 24.2. The summed E-state index contributed by atoms with van der Waals surface area (Å²) in [4.78, 5) is 0. The Bertz CT molecular complexity index is 860. The molecule has 0 spiro atoms. The third kappa shape index (κ3) is 5.36. The number of nitrogens with one attached hydrogen (secondary N) is 2. The summed E-state index contributed by atoms with van der Waals surface area (Å²) in [6.07, 6.45) is 3.93. The molecule has 1 atom stereocenters. The molecule has 2 aromatic rings. The van der Waals surface area contributed by atoms with Crippen LogP contribution in [0.15, 0.2) is 23.3 Å². The summed E-state index contributed by atoms with van der Waals surface area (Å²) in [5.74, 6) is 0. The zero-order valence-electron chi connectivity index (χ0n) is 15.2. The number of rotatable bonds is 6. The first kappa shape index (κ1) is 21.3. The van der Waals surface area contributed by atoms with Gasteiger partial charge >= 0.3 is 0 Å². The maximum atomic E-state index is 6.48. The van der Waals surface area contributed by atoms with Crippen molar-refractivity contribution in [1.82, 2.24) is 20.5 Å². The van der Waals surface area contributed by atoms with Crippen LogP contribution in [0.5, 0.6) is 0 Å². The number of benzene rings is 1. The van der Waals surface area contributed by atoms with Gasteiger partial charge in [-0.15, -0.1) is 0 Å². The van der Waals surface area contributed by atoms with Gasteiger partial charge in [0, 0.05) is 28.8 Å². The molecule has 0 saturated carbocycles. The molecule has 6 nitrogen and oxygen atoms in total. The zero-order valence-corrected chi connectivity index (χ0v) is 18.3. The average Bonchev–Trinajstić information content (AvgIpc) is 3.26. The fourth-order valence-electron chi connectivity index (χ4n) is 2.86. The molecule has 1 aliphatic rings. The first-order valence-electron chi connectivity index (χ1n) is 8.80. The van der Waals surface area contributed by atoms with Gasteiger partial charge in [0.2, 0.25) is 0 Å². The lowest BCUT2D eigenvalue weighted by Gasteiger charge is -2.11. The molecule has 0 radical (unpaired) electrons. The number of hydrazone groups is 1. The Morgan fingerprint density at radius 2 is 2.14 bits per heavy atom. The summed E-state index contributed by atoms with van der Waals surface area (Å²) in [6, 6.07) is 5.36. The maximum Gasteiger partial charge on any atom is 0.187 e. The molecule has 0 aliphatic carbocycles. The van der Waals surface area contributed by atoms with Crippen molar-refractivity contribution in [2.24, 2.45) is 5.10 Å². The van der Waals surface area contributed by atoms with Crippen molar-refractivity contribution in [3.63, 3.8) is 0 Å². The molecular weight excluding hydrogens is 441 g/mol. The average molecular weight is 461 g/mol. The molecule has 1 aromatic heterocycles. The van der Waals surface area contributed by atoms with Gasteiger partial charge in [0.15, 0.2) is 5.11 Å². The molecule has 0 unspecified atom stereocenters. The number of aryl methyl sites for hydroxylation is 1. The topological polar surface area (TPSA) is 63.5 Å². The lowest BCUT2D eigenvalue weighted by Crippen LogP contribution is -2.37. The van der Waals surface area contributed by atoms with Gasteiger partial charge in [0.1, 0.15) is 5.15 Å².